The van der Waals surface area contributed by atoms with E-state index in [1.54, 1.807) is 13.2 Å². The number of carbonyl (C=O) groups is 1. The van der Waals surface area contributed by atoms with Crippen LogP contribution in [-0.2, 0) is 0 Å². The first kappa shape index (κ1) is 13.4. The zero-order chi connectivity index (χ0) is 15.0. The average molecular weight is 301 g/mol. The molecule has 1 aromatic carbocycles. The van der Waals surface area contributed by atoms with Gasteiger partial charge in [0.1, 0.15) is 16.1 Å². The molecule has 0 aliphatic rings. The van der Waals surface area contributed by atoms with Crippen molar-refractivity contribution in [1.82, 2.24) is 4.98 Å². The van der Waals surface area contributed by atoms with Crippen LogP contribution in [0.25, 0.3) is 20.7 Å². The van der Waals surface area contributed by atoms with Gasteiger partial charge in [0.05, 0.1) is 12.5 Å². The number of aromatic nitrogens is 1. The van der Waals surface area contributed by atoms with Crippen molar-refractivity contribution in [2.24, 2.45) is 0 Å². The summed E-state index contributed by atoms with van der Waals surface area (Å²) in [6, 6.07) is 9.18. The number of pyridine rings is 1. The molecule has 0 bridgehead atoms. The number of hydrogen-bond donors (Lipinski definition) is 2. The topological polar surface area (TPSA) is 79.4 Å². The minimum atomic E-state index is -1.23. The van der Waals surface area contributed by atoms with Crippen LogP contribution in [0.15, 0.2) is 41.3 Å². The highest BCUT2D eigenvalue weighted by Crippen LogP contribution is 2.32. The molecule has 0 spiro atoms. The van der Waals surface area contributed by atoms with Gasteiger partial charge in [0.15, 0.2) is 0 Å². The fourth-order valence-corrected chi connectivity index (χ4v) is 3.10. The second kappa shape index (κ2) is 5.06. The summed E-state index contributed by atoms with van der Waals surface area (Å²) in [5.74, 6) is -0.473. The lowest BCUT2D eigenvalue weighted by Gasteiger charge is -2.00. The van der Waals surface area contributed by atoms with Crippen LogP contribution in [0.4, 0.5) is 0 Å². The molecule has 2 aromatic heterocycles. The summed E-state index contributed by atoms with van der Waals surface area (Å²) in [6.07, 6.45) is 1.24. The average Bonchev–Trinajstić information content (AvgIpc) is 2.92. The largest absolute Gasteiger partial charge is 0.497 e. The summed E-state index contributed by atoms with van der Waals surface area (Å²) in [5.41, 5.74) is 0.232. The first-order valence-corrected chi connectivity index (χ1v) is 6.95. The molecule has 3 rings (SSSR count). The van der Waals surface area contributed by atoms with Gasteiger partial charge in [-0.25, -0.2) is 4.79 Å². The van der Waals surface area contributed by atoms with Gasteiger partial charge in [-0.2, -0.15) is 0 Å². The molecule has 0 aliphatic carbocycles. The van der Waals surface area contributed by atoms with Gasteiger partial charge in [0.25, 0.3) is 0 Å². The number of thiophene rings is 1. The summed E-state index contributed by atoms with van der Waals surface area (Å²) in [7, 11) is 1.60. The monoisotopic (exact) mass is 301 g/mol. The number of H-pyrrole nitrogens is 1. The van der Waals surface area contributed by atoms with Crippen molar-refractivity contribution in [3.63, 3.8) is 0 Å². The third kappa shape index (κ3) is 2.30. The number of carboxylic acid groups (broad SMARTS) is 1. The second-order valence-electron chi connectivity index (χ2n) is 4.42. The maximum absolute atomic E-state index is 12.1. The second-order valence-corrected chi connectivity index (χ2v) is 5.47. The molecule has 0 amide bonds. The Bertz CT molecular complexity index is 877. The number of nitrogens with one attached hydrogen (secondary N) is 1. The van der Waals surface area contributed by atoms with Crippen LogP contribution in [0.5, 0.6) is 5.75 Å². The fourth-order valence-electron chi connectivity index (χ4n) is 2.07. The minimum Gasteiger partial charge on any atom is -0.497 e. The summed E-state index contributed by atoms with van der Waals surface area (Å²) in [4.78, 5) is 27.5. The van der Waals surface area contributed by atoms with Crippen molar-refractivity contribution in [1.29, 1.82) is 0 Å². The van der Waals surface area contributed by atoms with Gasteiger partial charge in [-0.3, -0.25) is 4.79 Å². The van der Waals surface area contributed by atoms with Gasteiger partial charge in [-0.05, 0) is 35.9 Å². The molecular formula is C15H11NO4S. The number of hydrogen-bond acceptors (Lipinski definition) is 4. The van der Waals surface area contributed by atoms with E-state index < -0.39 is 11.4 Å². The summed E-state index contributed by atoms with van der Waals surface area (Å²) in [5, 5.41) is 9.37. The van der Waals surface area contributed by atoms with Crippen molar-refractivity contribution in [3.8, 4) is 16.2 Å². The molecular weight excluding hydrogens is 290 g/mol. The molecule has 0 fully saturated rings. The SMILES string of the molecule is COc1ccc(-c2cc3c(=O)c(C(=O)O)c[nH]c3s2)cc1. The van der Waals surface area contributed by atoms with Gasteiger partial charge >= 0.3 is 5.97 Å². The van der Waals surface area contributed by atoms with Gasteiger partial charge in [0, 0.05) is 11.1 Å². The molecule has 0 saturated carbocycles. The normalized spacial score (nSPS) is 10.7. The summed E-state index contributed by atoms with van der Waals surface area (Å²) >= 11 is 1.41. The Hall–Kier alpha value is -2.60. The van der Waals surface area contributed by atoms with Crippen LogP contribution in [0.3, 0.4) is 0 Å². The lowest BCUT2D eigenvalue weighted by molar-refractivity contribution is 0.0695. The standard InChI is InChI=1S/C15H11NO4S/c1-20-9-4-2-8(3-5-9)12-6-10-13(17)11(15(18)19)7-16-14(10)21-12/h2-7H,1H3,(H,16,17)(H,18,19). The molecule has 0 atom stereocenters. The molecule has 0 saturated heterocycles. The van der Waals surface area contributed by atoms with E-state index in [1.165, 1.54) is 17.5 Å². The van der Waals surface area contributed by atoms with Crippen LogP contribution in [0, 0.1) is 0 Å². The Morgan fingerprint density at radius 2 is 2.00 bits per heavy atom. The molecule has 106 valence electrons. The number of methoxy groups -OCH3 is 1. The van der Waals surface area contributed by atoms with Crippen LogP contribution >= 0.6 is 11.3 Å². The van der Waals surface area contributed by atoms with E-state index >= 15 is 0 Å². The van der Waals surface area contributed by atoms with E-state index in [-0.39, 0.29) is 5.56 Å². The highest BCUT2D eigenvalue weighted by Gasteiger charge is 2.14. The van der Waals surface area contributed by atoms with Crippen LogP contribution in [0.1, 0.15) is 10.4 Å². The van der Waals surface area contributed by atoms with Crippen molar-refractivity contribution in [2.45, 2.75) is 0 Å². The van der Waals surface area contributed by atoms with E-state index in [2.05, 4.69) is 4.98 Å². The Kier molecular flexibility index (Phi) is 3.23. The Morgan fingerprint density at radius 3 is 2.62 bits per heavy atom. The van der Waals surface area contributed by atoms with Gasteiger partial charge in [-0.15, -0.1) is 11.3 Å². The zero-order valence-electron chi connectivity index (χ0n) is 11.0. The number of fused-ring (bicyclic) bond motifs is 1. The molecule has 21 heavy (non-hydrogen) atoms. The van der Waals surface area contributed by atoms with Gasteiger partial charge in [0.2, 0.25) is 5.43 Å². The lowest BCUT2D eigenvalue weighted by Crippen LogP contribution is -2.14. The molecule has 2 heterocycles. The number of carboxylic acids is 1. The number of aromatic carboxylic acids is 1. The molecule has 0 aliphatic heterocycles. The van der Waals surface area contributed by atoms with Crippen LogP contribution in [0.2, 0.25) is 0 Å². The molecule has 2 N–H and O–H groups in total. The number of aromatic amines is 1. The smallest absolute Gasteiger partial charge is 0.341 e. The van der Waals surface area contributed by atoms with E-state index in [9.17, 15) is 9.59 Å². The molecule has 3 aromatic rings. The number of rotatable bonds is 3. The van der Waals surface area contributed by atoms with Crippen LogP contribution in [-0.4, -0.2) is 23.2 Å². The Morgan fingerprint density at radius 1 is 1.29 bits per heavy atom. The molecule has 0 unspecified atom stereocenters. The summed E-state index contributed by atoms with van der Waals surface area (Å²) < 4.78 is 5.11. The van der Waals surface area contributed by atoms with E-state index in [0.29, 0.717) is 10.2 Å². The van der Waals surface area contributed by atoms with E-state index in [0.717, 1.165) is 16.2 Å². The predicted octanol–water partition coefficient (Wildman–Crippen LogP) is 2.96. The van der Waals surface area contributed by atoms with Gasteiger partial charge < -0.3 is 14.8 Å². The maximum Gasteiger partial charge on any atom is 0.341 e. The van der Waals surface area contributed by atoms with Crippen molar-refractivity contribution >= 4 is 27.5 Å². The number of benzene rings is 1. The Labute approximate surface area is 123 Å². The molecule has 0 radical (unpaired) electrons. The van der Waals surface area contributed by atoms with E-state index in [1.807, 2.05) is 24.3 Å². The third-order valence-electron chi connectivity index (χ3n) is 3.17. The molecule has 5 nitrogen and oxygen atoms in total. The van der Waals surface area contributed by atoms with E-state index in [4.69, 9.17) is 9.84 Å². The maximum atomic E-state index is 12.1. The first-order valence-electron chi connectivity index (χ1n) is 6.13. The highest BCUT2D eigenvalue weighted by atomic mass is 32.1. The lowest BCUT2D eigenvalue weighted by atomic mass is 10.1. The molecule has 6 heteroatoms. The van der Waals surface area contributed by atoms with Crippen molar-refractivity contribution in [2.75, 3.05) is 7.11 Å². The minimum absolute atomic E-state index is 0.249. The number of ether oxygens (including phenoxy) is 1. The zero-order valence-corrected chi connectivity index (χ0v) is 11.9. The summed E-state index contributed by atoms with van der Waals surface area (Å²) in [6.45, 7) is 0. The first-order chi connectivity index (χ1) is 10.1. The predicted molar refractivity (Wildman–Crippen MR) is 81.4 cm³/mol. The van der Waals surface area contributed by atoms with Crippen LogP contribution < -0.4 is 10.2 Å². The fraction of sp³-hybridized carbons (Fsp3) is 0.0667. The van der Waals surface area contributed by atoms with Crippen molar-refractivity contribution < 1.29 is 14.6 Å². The third-order valence-corrected chi connectivity index (χ3v) is 4.29. The van der Waals surface area contributed by atoms with Crippen molar-refractivity contribution in [3.05, 3.63) is 52.3 Å². The van der Waals surface area contributed by atoms with Gasteiger partial charge in [-0.1, -0.05) is 0 Å². The quantitative estimate of drug-likeness (QED) is 0.779. The highest BCUT2D eigenvalue weighted by molar-refractivity contribution is 7.21. The Balaban J connectivity index is 2.14.